The van der Waals surface area contributed by atoms with Crippen molar-refractivity contribution >= 4 is 15.8 Å². The molecule has 2 aromatic rings. The molecule has 0 radical (unpaired) electrons. The number of hydrogen-bond acceptors (Lipinski definition) is 4. The van der Waals surface area contributed by atoms with Crippen LogP contribution in [0.5, 0.6) is 0 Å². The van der Waals surface area contributed by atoms with E-state index in [2.05, 4.69) is 14.9 Å². The highest BCUT2D eigenvalue weighted by molar-refractivity contribution is 7.92. The van der Waals surface area contributed by atoms with Gasteiger partial charge in [-0.05, 0) is 37.1 Å². The van der Waals surface area contributed by atoms with Crippen LogP contribution in [0.2, 0.25) is 0 Å². The maximum absolute atomic E-state index is 13.2. The van der Waals surface area contributed by atoms with Crippen LogP contribution in [0.3, 0.4) is 0 Å². The number of nitrogens with zero attached hydrogens (tertiary/aromatic N) is 2. The number of aromatic nitrogens is 2. The summed E-state index contributed by atoms with van der Waals surface area (Å²) >= 11 is 0. The molecule has 1 aromatic heterocycles. The molecule has 6 nitrogen and oxygen atoms in total. The lowest BCUT2D eigenvalue weighted by Crippen LogP contribution is -2.17. The Hall–Kier alpha value is -2.40. The topological polar surface area (TPSA) is 98.6 Å². The first-order valence-electron chi connectivity index (χ1n) is 5.58. The van der Waals surface area contributed by atoms with Gasteiger partial charge in [-0.3, -0.25) is 9.82 Å². The average molecular weight is 294 g/mol. The number of halogens is 1. The molecule has 104 valence electrons. The van der Waals surface area contributed by atoms with Gasteiger partial charge in [-0.1, -0.05) is 0 Å². The number of H-pyrrole nitrogens is 1. The fourth-order valence-electron chi connectivity index (χ4n) is 1.96. The van der Waals surface area contributed by atoms with Crippen LogP contribution in [0.4, 0.5) is 10.2 Å². The quantitative estimate of drug-likeness (QED) is 0.902. The number of aromatic amines is 1. The Morgan fingerprint density at radius 2 is 1.95 bits per heavy atom. The van der Waals surface area contributed by atoms with Crippen molar-refractivity contribution in [1.82, 2.24) is 10.2 Å². The van der Waals surface area contributed by atoms with Crippen LogP contribution in [-0.4, -0.2) is 18.6 Å². The molecular weight excluding hydrogens is 283 g/mol. The summed E-state index contributed by atoms with van der Waals surface area (Å²) in [5, 5.41) is 14.8. The first-order valence-corrected chi connectivity index (χ1v) is 7.06. The minimum atomic E-state index is -3.93. The predicted octanol–water partition coefficient (Wildman–Crippen LogP) is 1.84. The van der Waals surface area contributed by atoms with E-state index in [9.17, 15) is 12.8 Å². The largest absolute Gasteiger partial charge is 0.263 e. The molecule has 0 aliphatic carbocycles. The maximum Gasteiger partial charge on any atom is 0.263 e. The maximum atomic E-state index is 13.2. The summed E-state index contributed by atoms with van der Waals surface area (Å²) < 4.78 is 40.1. The minimum absolute atomic E-state index is 0.0163. The third-order valence-electron chi connectivity index (χ3n) is 2.69. The number of hydrogen-bond donors (Lipinski definition) is 2. The molecule has 0 aliphatic rings. The van der Waals surface area contributed by atoms with Crippen molar-refractivity contribution < 1.29 is 12.8 Å². The number of aryl methyl sites for hydroxylation is 2. The Balaban J connectivity index is 2.50. The molecule has 0 unspecified atom stereocenters. The molecule has 20 heavy (non-hydrogen) atoms. The zero-order valence-corrected chi connectivity index (χ0v) is 11.5. The molecule has 8 heteroatoms. The highest BCUT2D eigenvalue weighted by atomic mass is 32.2. The van der Waals surface area contributed by atoms with Crippen LogP contribution in [0.25, 0.3) is 0 Å². The monoisotopic (exact) mass is 294 g/mol. The van der Waals surface area contributed by atoms with Crippen molar-refractivity contribution in [3.8, 4) is 6.07 Å². The Kier molecular flexibility index (Phi) is 3.46. The molecular formula is C12H11FN4O2S. The average Bonchev–Trinajstić information content (AvgIpc) is 2.73. The Morgan fingerprint density at radius 3 is 2.50 bits per heavy atom. The van der Waals surface area contributed by atoms with Crippen molar-refractivity contribution in [3.63, 3.8) is 0 Å². The fraction of sp³-hybridized carbons (Fsp3) is 0.167. The molecule has 2 rings (SSSR count). The third kappa shape index (κ3) is 2.48. The van der Waals surface area contributed by atoms with E-state index in [1.54, 1.807) is 0 Å². The number of anilines is 1. The van der Waals surface area contributed by atoms with E-state index in [-0.39, 0.29) is 27.4 Å². The van der Waals surface area contributed by atoms with Crippen LogP contribution in [0.1, 0.15) is 16.7 Å². The number of sulfonamides is 1. The van der Waals surface area contributed by atoms with Crippen LogP contribution >= 0.6 is 0 Å². The lowest BCUT2D eigenvalue weighted by molar-refractivity contribution is 0.597. The van der Waals surface area contributed by atoms with Gasteiger partial charge in [-0.25, -0.2) is 12.8 Å². The molecule has 0 bridgehead atoms. The van der Waals surface area contributed by atoms with E-state index < -0.39 is 15.8 Å². The van der Waals surface area contributed by atoms with Crippen molar-refractivity contribution in [2.45, 2.75) is 18.7 Å². The molecule has 0 saturated heterocycles. The van der Waals surface area contributed by atoms with E-state index in [0.29, 0.717) is 0 Å². The van der Waals surface area contributed by atoms with Crippen molar-refractivity contribution in [2.75, 3.05) is 4.72 Å². The van der Waals surface area contributed by atoms with Gasteiger partial charge in [0.2, 0.25) is 0 Å². The SMILES string of the molecule is Cc1cc(F)cc(C)c1S(=O)(=O)Nc1[nH]ncc1C#N. The summed E-state index contributed by atoms with van der Waals surface area (Å²) in [6, 6.07) is 4.08. The number of nitriles is 1. The molecule has 1 aromatic carbocycles. The highest BCUT2D eigenvalue weighted by Gasteiger charge is 2.22. The van der Waals surface area contributed by atoms with E-state index in [1.165, 1.54) is 20.0 Å². The molecule has 0 amide bonds. The van der Waals surface area contributed by atoms with Crippen LogP contribution in [0, 0.1) is 31.0 Å². The van der Waals surface area contributed by atoms with Crippen molar-refractivity contribution in [2.24, 2.45) is 0 Å². The molecule has 0 aliphatic heterocycles. The lowest BCUT2D eigenvalue weighted by Gasteiger charge is -2.12. The van der Waals surface area contributed by atoms with E-state index >= 15 is 0 Å². The Bertz CT molecular complexity index is 782. The van der Waals surface area contributed by atoms with Gasteiger partial charge in [0, 0.05) is 0 Å². The van der Waals surface area contributed by atoms with Gasteiger partial charge in [0.1, 0.15) is 17.4 Å². The summed E-state index contributed by atoms with van der Waals surface area (Å²) in [7, 11) is -3.93. The van der Waals surface area contributed by atoms with Gasteiger partial charge in [0.15, 0.2) is 5.82 Å². The second-order valence-corrected chi connectivity index (χ2v) is 5.86. The number of benzene rings is 1. The first kappa shape index (κ1) is 14.0. The Labute approximate surface area is 115 Å². The number of rotatable bonds is 3. The van der Waals surface area contributed by atoms with E-state index in [4.69, 9.17) is 5.26 Å². The van der Waals surface area contributed by atoms with Gasteiger partial charge in [0.25, 0.3) is 10.0 Å². The summed E-state index contributed by atoms with van der Waals surface area (Å²) in [6.45, 7) is 3.01. The normalized spacial score (nSPS) is 11.1. The number of nitrogens with one attached hydrogen (secondary N) is 2. The lowest BCUT2D eigenvalue weighted by atomic mass is 10.1. The Morgan fingerprint density at radius 1 is 1.35 bits per heavy atom. The molecule has 0 spiro atoms. The summed E-state index contributed by atoms with van der Waals surface area (Å²) in [6.07, 6.45) is 1.21. The zero-order valence-electron chi connectivity index (χ0n) is 10.7. The molecule has 0 fully saturated rings. The van der Waals surface area contributed by atoms with Crippen molar-refractivity contribution in [3.05, 3.63) is 40.8 Å². The van der Waals surface area contributed by atoms with Crippen LogP contribution in [-0.2, 0) is 10.0 Å². The van der Waals surface area contributed by atoms with Gasteiger partial charge in [-0.15, -0.1) is 0 Å². The summed E-state index contributed by atoms with van der Waals surface area (Å²) in [4.78, 5) is -0.0163. The van der Waals surface area contributed by atoms with Crippen LogP contribution < -0.4 is 4.72 Å². The van der Waals surface area contributed by atoms with Crippen LogP contribution in [0.15, 0.2) is 23.2 Å². The third-order valence-corrected chi connectivity index (χ3v) is 4.34. The zero-order chi connectivity index (χ0) is 14.9. The summed E-state index contributed by atoms with van der Waals surface area (Å²) in [5.74, 6) is -0.520. The second-order valence-electron chi connectivity index (χ2n) is 4.24. The standard InChI is InChI=1S/C12H11FN4O2S/c1-7-3-10(13)4-8(2)11(7)20(18,19)17-12-9(5-14)6-15-16-12/h3-4,6H,1-2H3,(H2,15,16,17). The second kappa shape index (κ2) is 4.94. The van der Waals surface area contributed by atoms with Crippen molar-refractivity contribution in [1.29, 1.82) is 5.26 Å². The van der Waals surface area contributed by atoms with E-state index in [0.717, 1.165) is 12.1 Å². The van der Waals surface area contributed by atoms with Gasteiger partial charge >= 0.3 is 0 Å². The molecule has 2 N–H and O–H groups in total. The molecule has 0 atom stereocenters. The highest BCUT2D eigenvalue weighted by Crippen LogP contribution is 2.24. The van der Waals surface area contributed by atoms with Gasteiger partial charge < -0.3 is 0 Å². The molecule has 1 heterocycles. The van der Waals surface area contributed by atoms with Gasteiger partial charge in [0.05, 0.1) is 11.1 Å². The fourth-order valence-corrected chi connectivity index (χ4v) is 3.45. The molecule has 0 saturated carbocycles. The predicted molar refractivity (Wildman–Crippen MR) is 70.0 cm³/mol. The first-order chi connectivity index (χ1) is 9.35. The smallest absolute Gasteiger partial charge is 0.263 e. The van der Waals surface area contributed by atoms with Gasteiger partial charge in [-0.2, -0.15) is 10.4 Å². The minimum Gasteiger partial charge on any atom is -0.263 e. The summed E-state index contributed by atoms with van der Waals surface area (Å²) in [5.41, 5.74) is 0.645. The van der Waals surface area contributed by atoms with E-state index in [1.807, 2.05) is 6.07 Å².